The maximum Gasteiger partial charge on any atom is 0.224 e. The number of aromatic nitrogens is 7. The molecule has 148 valence electrons. The van der Waals surface area contributed by atoms with Crippen molar-refractivity contribution in [2.45, 2.75) is 13.3 Å². The van der Waals surface area contributed by atoms with Crippen LogP contribution in [0.3, 0.4) is 0 Å². The van der Waals surface area contributed by atoms with Crippen molar-refractivity contribution in [3.8, 4) is 22.8 Å². The van der Waals surface area contributed by atoms with E-state index in [0.717, 1.165) is 5.52 Å². The van der Waals surface area contributed by atoms with Gasteiger partial charge in [-0.15, -0.1) is 0 Å². The molecule has 0 saturated heterocycles. The maximum atomic E-state index is 15.6. The Bertz CT molecular complexity index is 1370. The van der Waals surface area contributed by atoms with E-state index >= 15 is 4.39 Å². The van der Waals surface area contributed by atoms with Crippen LogP contribution in [0.1, 0.15) is 13.3 Å². The van der Waals surface area contributed by atoms with Gasteiger partial charge in [-0.2, -0.15) is 5.10 Å². The van der Waals surface area contributed by atoms with Crippen molar-refractivity contribution in [2.75, 3.05) is 5.32 Å². The van der Waals surface area contributed by atoms with Crippen LogP contribution < -0.4 is 5.32 Å². The molecule has 0 saturated carbocycles. The normalized spacial score (nSPS) is 11.3. The lowest BCUT2D eigenvalue weighted by Crippen LogP contribution is -2.09. The summed E-state index contributed by atoms with van der Waals surface area (Å²) in [5.74, 6) is -0.299. The molecule has 0 aliphatic carbocycles. The van der Waals surface area contributed by atoms with E-state index in [1.807, 2.05) is 0 Å². The second-order valence-electron chi connectivity index (χ2n) is 6.62. The molecule has 0 atom stereocenters. The second kappa shape index (κ2) is 6.99. The monoisotopic (exact) mass is 402 g/mol. The summed E-state index contributed by atoms with van der Waals surface area (Å²) in [4.78, 5) is 31.6. The number of H-pyrrole nitrogens is 2. The van der Waals surface area contributed by atoms with Crippen molar-refractivity contribution >= 4 is 33.5 Å². The lowest BCUT2D eigenvalue weighted by molar-refractivity contribution is -0.115. The van der Waals surface area contributed by atoms with Crippen LogP contribution in [-0.2, 0) is 4.79 Å². The molecule has 5 rings (SSSR count). The van der Waals surface area contributed by atoms with E-state index < -0.39 is 5.82 Å². The molecular weight excluding hydrogens is 387 g/mol. The molecule has 0 aliphatic heterocycles. The summed E-state index contributed by atoms with van der Waals surface area (Å²) >= 11 is 0. The van der Waals surface area contributed by atoms with Crippen LogP contribution in [0.2, 0.25) is 0 Å². The van der Waals surface area contributed by atoms with Crippen LogP contribution in [0.5, 0.6) is 0 Å². The van der Waals surface area contributed by atoms with E-state index in [4.69, 9.17) is 0 Å². The minimum absolute atomic E-state index is 0.100. The highest BCUT2D eigenvalue weighted by Gasteiger charge is 2.20. The van der Waals surface area contributed by atoms with E-state index in [1.165, 1.54) is 18.6 Å². The first-order valence-electron chi connectivity index (χ1n) is 9.22. The molecule has 0 aromatic carbocycles. The number of aromatic amines is 2. The first kappa shape index (κ1) is 17.9. The predicted molar refractivity (Wildman–Crippen MR) is 109 cm³/mol. The average Bonchev–Trinajstić information content (AvgIpc) is 3.38. The molecule has 5 heterocycles. The maximum absolute atomic E-state index is 15.6. The zero-order valence-electron chi connectivity index (χ0n) is 15.8. The third-order valence-corrected chi connectivity index (χ3v) is 4.67. The molecule has 0 radical (unpaired) electrons. The van der Waals surface area contributed by atoms with Gasteiger partial charge in [0.15, 0.2) is 11.6 Å². The Kier molecular flexibility index (Phi) is 4.16. The van der Waals surface area contributed by atoms with Crippen LogP contribution in [-0.4, -0.2) is 41.0 Å². The van der Waals surface area contributed by atoms with Gasteiger partial charge in [0.05, 0.1) is 46.2 Å². The lowest BCUT2D eigenvalue weighted by Gasteiger charge is -2.07. The molecule has 9 nitrogen and oxygen atoms in total. The highest BCUT2D eigenvalue weighted by molar-refractivity contribution is 5.95. The molecule has 0 unspecified atom stereocenters. The van der Waals surface area contributed by atoms with Crippen LogP contribution in [0.15, 0.2) is 43.1 Å². The van der Waals surface area contributed by atoms with E-state index in [9.17, 15) is 4.79 Å². The highest BCUT2D eigenvalue weighted by Crippen LogP contribution is 2.32. The number of hydrogen-bond donors (Lipinski definition) is 3. The third kappa shape index (κ3) is 2.94. The van der Waals surface area contributed by atoms with E-state index in [1.54, 1.807) is 31.5 Å². The Morgan fingerprint density at radius 3 is 2.87 bits per heavy atom. The topological polar surface area (TPSA) is 125 Å². The van der Waals surface area contributed by atoms with Gasteiger partial charge >= 0.3 is 0 Å². The van der Waals surface area contributed by atoms with Crippen molar-refractivity contribution < 1.29 is 9.18 Å². The van der Waals surface area contributed by atoms with Crippen LogP contribution >= 0.6 is 0 Å². The highest BCUT2D eigenvalue weighted by atomic mass is 19.1. The number of anilines is 1. The molecule has 30 heavy (non-hydrogen) atoms. The van der Waals surface area contributed by atoms with Gasteiger partial charge in [-0.3, -0.25) is 24.8 Å². The molecule has 5 aromatic rings. The fourth-order valence-corrected chi connectivity index (χ4v) is 3.20. The van der Waals surface area contributed by atoms with Crippen molar-refractivity contribution in [1.29, 1.82) is 0 Å². The predicted octanol–water partition coefficient (Wildman–Crippen LogP) is 3.45. The van der Waals surface area contributed by atoms with Crippen molar-refractivity contribution in [3.63, 3.8) is 0 Å². The van der Waals surface area contributed by atoms with Crippen molar-refractivity contribution in [1.82, 2.24) is 35.1 Å². The smallest absolute Gasteiger partial charge is 0.224 e. The molecular formula is C20H15FN8O. The molecule has 10 heteroatoms. The van der Waals surface area contributed by atoms with E-state index in [-0.39, 0.29) is 17.0 Å². The Balaban J connectivity index is 1.63. The SMILES string of the molecule is CCC(=O)Nc1cncc(-c2ncc3[nH]nc(-c4nc5ccncc5[nH]4)c3c2F)c1. The standard InChI is InChI=1S/C20H15FN8O/c1-2-15(30)25-11-5-10(6-23-7-11)18-17(21)16-14(9-24-18)28-29-19(16)20-26-12-3-4-22-8-13(12)27-20/h3-9H,2H2,1H3,(H,25,30)(H,26,27)(H,28,29). The molecule has 0 fully saturated rings. The number of hydrogen-bond acceptors (Lipinski definition) is 6. The number of carbonyl (C=O) groups is 1. The van der Waals surface area contributed by atoms with Gasteiger partial charge in [-0.25, -0.2) is 9.37 Å². The largest absolute Gasteiger partial charge is 0.335 e. The van der Waals surface area contributed by atoms with E-state index in [0.29, 0.717) is 40.2 Å². The summed E-state index contributed by atoms with van der Waals surface area (Å²) < 4.78 is 15.6. The summed E-state index contributed by atoms with van der Waals surface area (Å²) in [5.41, 5.74) is 3.21. The number of fused-ring (bicyclic) bond motifs is 2. The molecule has 1 amide bonds. The number of rotatable bonds is 4. The Morgan fingerprint density at radius 2 is 2.03 bits per heavy atom. The Labute approximate surface area is 168 Å². The number of nitrogens with one attached hydrogen (secondary N) is 3. The van der Waals surface area contributed by atoms with Gasteiger partial charge in [-0.05, 0) is 12.1 Å². The number of imidazole rings is 1. The van der Waals surface area contributed by atoms with Gasteiger partial charge in [0, 0.05) is 24.4 Å². The first-order valence-corrected chi connectivity index (χ1v) is 9.22. The number of amides is 1. The number of halogens is 1. The quantitative estimate of drug-likeness (QED) is 0.423. The minimum Gasteiger partial charge on any atom is -0.335 e. The van der Waals surface area contributed by atoms with Gasteiger partial charge in [-0.1, -0.05) is 6.92 Å². The summed E-state index contributed by atoms with van der Waals surface area (Å²) in [6.07, 6.45) is 8.10. The zero-order valence-corrected chi connectivity index (χ0v) is 15.8. The average molecular weight is 402 g/mol. The lowest BCUT2D eigenvalue weighted by atomic mass is 10.1. The van der Waals surface area contributed by atoms with Crippen LogP contribution in [0, 0.1) is 5.82 Å². The summed E-state index contributed by atoms with van der Waals surface area (Å²) in [6.45, 7) is 1.75. The number of carbonyl (C=O) groups excluding carboxylic acids is 1. The summed E-state index contributed by atoms with van der Waals surface area (Å²) in [5, 5.41) is 10.0. The summed E-state index contributed by atoms with van der Waals surface area (Å²) in [6, 6.07) is 3.39. The minimum atomic E-state index is -0.560. The van der Waals surface area contributed by atoms with Crippen LogP contribution in [0.4, 0.5) is 10.1 Å². The van der Waals surface area contributed by atoms with Crippen molar-refractivity contribution in [3.05, 3.63) is 48.9 Å². The first-order chi connectivity index (χ1) is 14.6. The van der Waals surface area contributed by atoms with Gasteiger partial charge in [0.2, 0.25) is 5.91 Å². The van der Waals surface area contributed by atoms with Gasteiger partial charge in [0.1, 0.15) is 11.4 Å². The fraction of sp³-hybridized carbons (Fsp3) is 0.100. The Hall–Kier alpha value is -4.21. The zero-order chi connectivity index (χ0) is 20.7. The molecule has 5 aromatic heterocycles. The molecule has 0 aliphatic rings. The fourth-order valence-electron chi connectivity index (χ4n) is 3.20. The van der Waals surface area contributed by atoms with E-state index in [2.05, 4.69) is 40.4 Å². The van der Waals surface area contributed by atoms with Crippen molar-refractivity contribution in [2.24, 2.45) is 0 Å². The summed E-state index contributed by atoms with van der Waals surface area (Å²) in [7, 11) is 0. The van der Waals surface area contributed by atoms with Gasteiger partial charge in [0.25, 0.3) is 0 Å². The Morgan fingerprint density at radius 1 is 1.13 bits per heavy atom. The molecule has 0 spiro atoms. The van der Waals surface area contributed by atoms with Crippen LogP contribution in [0.25, 0.3) is 44.7 Å². The molecule has 0 bridgehead atoms. The molecule has 3 N–H and O–H groups in total. The number of pyridine rings is 3. The second-order valence-corrected chi connectivity index (χ2v) is 6.62. The van der Waals surface area contributed by atoms with Gasteiger partial charge < -0.3 is 10.3 Å². The number of nitrogens with zero attached hydrogens (tertiary/aromatic N) is 5. The third-order valence-electron chi connectivity index (χ3n) is 4.67.